The minimum atomic E-state index is -0.236. The summed E-state index contributed by atoms with van der Waals surface area (Å²) in [5.41, 5.74) is 0.933. The molecule has 1 saturated heterocycles. The number of piperazine rings is 1. The summed E-state index contributed by atoms with van der Waals surface area (Å²) in [5.74, 6) is 0.348. The van der Waals surface area contributed by atoms with Crippen LogP contribution in [0.5, 0.6) is 5.75 Å². The molecule has 3 N–H and O–H groups in total. The number of phenolic OH excluding ortho intramolecular Hbond substituents is 1. The van der Waals surface area contributed by atoms with Crippen molar-refractivity contribution in [3.63, 3.8) is 0 Å². The molecule has 1 fully saturated rings. The molecule has 0 unspecified atom stereocenters. The molecule has 0 spiro atoms. The zero-order chi connectivity index (χ0) is 15.6. The van der Waals surface area contributed by atoms with Crippen LogP contribution in [0, 0.1) is 12.6 Å². The molecule has 1 aromatic carbocycles. The number of rotatable bonds is 4. The van der Waals surface area contributed by atoms with Crippen molar-refractivity contribution in [3.05, 3.63) is 24.8 Å². The van der Waals surface area contributed by atoms with Crippen molar-refractivity contribution in [1.82, 2.24) is 10.2 Å². The Hall–Kier alpha value is 0.360. The maximum atomic E-state index is 9.99. The molecular formula is C15H22I2N2O2. The van der Waals surface area contributed by atoms with E-state index in [9.17, 15) is 10.2 Å². The van der Waals surface area contributed by atoms with E-state index in [2.05, 4.69) is 69.2 Å². The van der Waals surface area contributed by atoms with Gasteiger partial charge in [-0.2, -0.15) is 0 Å². The molecule has 2 rings (SSSR count). The molecule has 21 heavy (non-hydrogen) atoms. The molecule has 118 valence electrons. The van der Waals surface area contributed by atoms with Crippen LogP contribution in [0.25, 0.3) is 0 Å². The van der Waals surface area contributed by atoms with Crippen molar-refractivity contribution in [2.45, 2.75) is 19.9 Å². The van der Waals surface area contributed by atoms with Crippen LogP contribution in [0.15, 0.2) is 12.1 Å². The summed E-state index contributed by atoms with van der Waals surface area (Å²) in [4.78, 5) is 2.44. The lowest BCUT2D eigenvalue weighted by Gasteiger charge is -2.43. The first-order chi connectivity index (χ1) is 9.86. The third-order valence-electron chi connectivity index (χ3n) is 4.02. The molecule has 1 atom stereocenters. The van der Waals surface area contributed by atoms with Gasteiger partial charge in [-0.3, -0.25) is 4.90 Å². The van der Waals surface area contributed by atoms with Gasteiger partial charge in [0.15, 0.2) is 0 Å². The summed E-state index contributed by atoms with van der Waals surface area (Å²) in [7, 11) is 0. The molecular weight excluding hydrogens is 494 g/mol. The van der Waals surface area contributed by atoms with E-state index in [-0.39, 0.29) is 18.1 Å². The SMILES string of the molecule is CC(C)(CO)[C@@H](c1cc(I)c(O)c(I)c1)N1CCNCC1. The Morgan fingerprint density at radius 2 is 1.76 bits per heavy atom. The first-order valence-corrected chi connectivity index (χ1v) is 9.26. The van der Waals surface area contributed by atoms with E-state index < -0.39 is 0 Å². The second-order valence-electron chi connectivity index (χ2n) is 6.17. The number of hydrogen-bond donors (Lipinski definition) is 3. The highest BCUT2D eigenvalue weighted by Gasteiger charge is 2.36. The van der Waals surface area contributed by atoms with E-state index in [0.29, 0.717) is 5.75 Å². The third-order valence-corrected chi connectivity index (χ3v) is 5.66. The van der Waals surface area contributed by atoms with Crippen molar-refractivity contribution in [3.8, 4) is 5.75 Å². The molecule has 6 heteroatoms. The van der Waals surface area contributed by atoms with Crippen LogP contribution in [0.4, 0.5) is 0 Å². The summed E-state index contributed by atoms with van der Waals surface area (Å²) >= 11 is 4.34. The van der Waals surface area contributed by atoms with E-state index in [1.54, 1.807) is 0 Å². The minimum absolute atomic E-state index is 0.135. The molecule has 0 saturated carbocycles. The number of halogens is 2. The van der Waals surface area contributed by atoms with E-state index in [1.807, 2.05) is 12.1 Å². The molecule has 0 radical (unpaired) electrons. The summed E-state index contributed by atoms with van der Waals surface area (Å²) in [6.07, 6.45) is 0. The van der Waals surface area contributed by atoms with Gasteiger partial charge < -0.3 is 15.5 Å². The van der Waals surface area contributed by atoms with Gasteiger partial charge in [-0.05, 0) is 62.9 Å². The van der Waals surface area contributed by atoms with Gasteiger partial charge in [0.2, 0.25) is 0 Å². The van der Waals surface area contributed by atoms with Gasteiger partial charge in [-0.15, -0.1) is 0 Å². The number of aromatic hydroxyl groups is 1. The highest BCUT2D eigenvalue weighted by molar-refractivity contribution is 14.1. The summed E-state index contributed by atoms with van der Waals surface area (Å²) < 4.78 is 1.73. The quantitative estimate of drug-likeness (QED) is 0.539. The molecule has 0 aromatic heterocycles. The third kappa shape index (κ3) is 4.01. The number of aliphatic hydroxyl groups excluding tert-OH is 1. The number of phenols is 1. The second-order valence-corrected chi connectivity index (χ2v) is 8.49. The maximum Gasteiger partial charge on any atom is 0.142 e. The number of benzene rings is 1. The van der Waals surface area contributed by atoms with Crippen LogP contribution in [0.2, 0.25) is 0 Å². The van der Waals surface area contributed by atoms with Gasteiger partial charge in [0.05, 0.1) is 7.14 Å². The molecule has 0 aliphatic carbocycles. The lowest BCUT2D eigenvalue weighted by atomic mass is 9.79. The Morgan fingerprint density at radius 3 is 2.24 bits per heavy atom. The average Bonchev–Trinajstić information content (AvgIpc) is 2.46. The van der Waals surface area contributed by atoms with Crippen molar-refractivity contribution >= 4 is 45.2 Å². The predicted octanol–water partition coefficient (Wildman–Crippen LogP) is 2.57. The van der Waals surface area contributed by atoms with E-state index in [1.165, 1.54) is 5.56 Å². The first kappa shape index (κ1) is 17.7. The summed E-state index contributed by atoms with van der Waals surface area (Å²) in [6, 6.07) is 4.23. The minimum Gasteiger partial charge on any atom is -0.506 e. The standard InChI is InChI=1S/C15H22I2N2O2/c1-15(2,9-20)14(19-5-3-18-4-6-19)10-7-11(16)13(21)12(17)8-10/h7-8,14,18,20-21H,3-6,9H2,1-2H3/t14-/m1/s1. The Balaban J connectivity index is 2.44. The van der Waals surface area contributed by atoms with Gasteiger partial charge >= 0.3 is 0 Å². The van der Waals surface area contributed by atoms with Crippen molar-refractivity contribution in [2.75, 3.05) is 32.8 Å². The second kappa shape index (κ2) is 7.29. The monoisotopic (exact) mass is 516 g/mol. The van der Waals surface area contributed by atoms with Gasteiger partial charge in [-0.1, -0.05) is 13.8 Å². The Bertz CT molecular complexity index is 479. The van der Waals surface area contributed by atoms with Crippen LogP contribution in [0.1, 0.15) is 25.5 Å². The predicted molar refractivity (Wildman–Crippen MR) is 102 cm³/mol. The number of aliphatic hydroxyl groups is 1. The highest BCUT2D eigenvalue weighted by Crippen LogP contribution is 2.41. The van der Waals surface area contributed by atoms with Crippen LogP contribution in [-0.4, -0.2) is 47.9 Å². The Kier molecular flexibility index (Phi) is 6.15. The topological polar surface area (TPSA) is 55.7 Å². The van der Waals surface area contributed by atoms with Crippen LogP contribution in [0.3, 0.4) is 0 Å². The molecule has 1 aromatic rings. The fraction of sp³-hybridized carbons (Fsp3) is 0.600. The molecule has 4 nitrogen and oxygen atoms in total. The van der Waals surface area contributed by atoms with Gasteiger partial charge in [0.25, 0.3) is 0 Å². The van der Waals surface area contributed by atoms with E-state index in [4.69, 9.17) is 0 Å². The van der Waals surface area contributed by atoms with Crippen molar-refractivity contribution < 1.29 is 10.2 Å². The Labute approximate surface area is 153 Å². The van der Waals surface area contributed by atoms with Gasteiger partial charge in [0.1, 0.15) is 5.75 Å². The number of nitrogens with one attached hydrogen (secondary N) is 1. The van der Waals surface area contributed by atoms with E-state index >= 15 is 0 Å². The van der Waals surface area contributed by atoms with Crippen LogP contribution < -0.4 is 5.32 Å². The van der Waals surface area contributed by atoms with Crippen molar-refractivity contribution in [2.24, 2.45) is 5.41 Å². The number of nitrogens with zero attached hydrogens (tertiary/aromatic N) is 1. The van der Waals surface area contributed by atoms with Crippen molar-refractivity contribution in [1.29, 1.82) is 0 Å². The normalized spacial score (nSPS) is 18.7. The zero-order valence-corrected chi connectivity index (χ0v) is 16.7. The fourth-order valence-corrected chi connectivity index (χ4v) is 4.74. The Morgan fingerprint density at radius 1 is 1.24 bits per heavy atom. The number of hydrogen-bond acceptors (Lipinski definition) is 4. The van der Waals surface area contributed by atoms with Gasteiger partial charge in [-0.25, -0.2) is 0 Å². The molecule has 1 aliphatic heterocycles. The lowest BCUT2D eigenvalue weighted by Crippen LogP contribution is -2.49. The molecule has 0 bridgehead atoms. The highest BCUT2D eigenvalue weighted by atomic mass is 127. The molecule has 0 amide bonds. The van der Waals surface area contributed by atoms with E-state index in [0.717, 1.165) is 33.3 Å². The average molecular weight is 516 g/mol. The fourth-order valence-electron chi connectivity index (χ4n) is 2.93. The largest absolute Gasteiger partial charge is 0.506 e. The maximum absolute atomic E-state index is 9.99. The molecule has 1 aliphatic rings. The summed E-state index contributed by atoms with van der Waals surface area (Å²) in [5, 5.41) is 23.2. The van der Waals surface area contributed by atoms with Crippen LogP contribution in [-0.2, 0) is 0 Å². The summed E-state index contributed by atoms with van der Waals surface area (Å²) in [6.45, 7) is 8.24. The smallest absolute Gasteiger partial charge is 0.142 e. The lowest BCUT2D eigenvalue weighted by molar-refractivity contribution is 0.0304. The van der Waals surface area contributed by atoms with Gasteiger partial charge in [0, 0.05) is 44.2 Å². The zero-order valence-electron chi connectivity index (χ0n) is 12.4. The first-order valence-electron chi connectivity index (χ1n) is 7.10. The van der Waals surface area contributed by atoms with Crippen LogP contribution >= 0.6 is 45.2 Å². The molecule has 1 heterocycles.